The van der Waals surface area contributed by atoms with Crippen LogP contribution in [0.2, 0.25) is 5.28 Å². The third-order valence-electron chi connectivity index (χ3n) is 2.97. The summed E-state index contributed by atoms with van der Waals surface area (Å²) in [6.45, 7) is 0. The largest absolute Gasteiger partial charge is 0.466 e. The number of nitrogen functional groups attached to an aromatic ring is 1. The van der Waals surface area contributed by atoms with Crippen molar-refractivity contribution in [3.8, 4) is 0 Å². The zero-order valence-electron chi connectivity index (χ0n) is 9.81. The maximum atomic E-state index is 12.5. The molecular formula is C10H9ClFN5O3. The van der Waals surface area contributed by atoms with Crippen molar-refractivity contribution in [2.75, 3.05) is 5.73 Å². The Morgan fingerprint density at radius 3 is 2.85 bits per heavy atom. The Kier molecular flexibility index (Phi) is 2.96. The molecule has 0 aromatic carbocycles. The molecule has 3 rings (SSSR count). The van der Waals surface area contributed by atoms with Gasteiger partial charge in [-0.05, 0) is 11.6 Å². The molecule has 3 heterocycles. The van der Waals surface area contributed by atoms with Gasteiger partial charge in [-0.3, -0.25) is 4.57 Å². The topological polar surface area (TPSA) is 119 Å². The predicted molar refractivity (Wildman–Crippen MR) is 66.1 cm³/mol. The van der Waals surface area contributed by atoms with E-state index in [1.807, 2.05) is 0 Å². The minimum Gasteiger partial charge on any atom is -0.466 e. The highest BCUT2D eigenvalue weighted by atomic mass is 35.5. The summed E-state index contributed by atoms with van der Waals surface area (Å²) < 4.78 is 19.0. The van der Waals surface area contributed by atoms with Crippen LogP contribution in [-0.2, 0) is 4.74 Å². The van der Waals surface area contributed by atoms with E-state index >= 15 is 0 Å². The van der Waals surface area contributed by atoms with Crippen LogP contribution in [0.1, 0.15) is 6.23 Å². The van der Waals surface area contributed by atoms with Gasteiger partial charge in [-0.1, -0.05) is 0 Å². The molecule has 2 aromatic heterocycles. The first-order chi connectivity index (χ1) is 9.52. The Bertz CT molecular complexity index is 706. The zero-order valence-corrected chi connectivity index (χ0v) is 10.6. The highest BCUT2D eigenvalue weighted by molar-refractivity contribution is 6.28. The van der Waals surface area contributed by atoms with Crippen LogP contribution in [0.25, 0.3) is 11.2 Å². The van der Waals surface area contributed by atoms with Gasteiger partial charge in [-0.25, -0.2) is 9.37 Å². The third kappa shape index (κ3) is 1.79. The number of aliphatic hydroxyl groups excluding tert-OH is 2. The van der Waals surface area contributed by atoms with E-state index in [-0.39, 0.29) is 34.4 Å². The molecule has 1 fully saturated rings. The highest BCUT2D eigenvalue weighted by Gasteiger charge is 2.42. The minimum absolute atomic E-state index is 0.0630. The SMILES string of the molecule is Nc1nc(Cl)nc2c1ncn2[C@@H]1OC(=CF)[C@@H](O)[C@H]1O. The average molecular weight is 302 g/mol. The predicted octanol–water partition coefficient (Wildman–Crippen LogP) is 0.123. The van der Waals surface area contributed by atoms with Crippen molar-refractivity contribution in [2.45, 2.75) is 18.4 Å². The first-order valence-electron chi connectivity index (χ1n) is 5.51. The van der Waals surface area contributed by atoms with E-state index in [0.29, 0.717) is 0 Å². The standard InChI is InChI=1S/C10H9ClFN5O3/c11-10-15-7(13)4-8(16-10)17(2-14-4)9-6(19)5(18)3(1-12)20-9/h1-2,5-6,9,18-19H,(H2,13,15,16)/t5-,6-,9-/m1/s1. The van der Waals surface area contributed by atoms with Gasteiger partial charge in [0.1, 0.15) is 30.4 Å². The summed E-state index contributed by atoms with van der Waals surface area (Å²) in [5.41, 5.74) is 6.12. The van der Waals surface area contributed by atoms with Gasteiger partial charge >= 0.3 is 0 Å². The maximum Gasteiger partial charge on any atom is 0.226 e. The van der Waals surface area contributed by atoms with Gasteiger partial charge in [0.05, 0.1) is 0 Å². The molecule has 3 atom stereocenters. The third-order valence-corrected chi connectivity index (χ3v) is 3.14. The number of hydrogen-bond donors (Lipinski definition) is 3. The molecule has 0 saturated carbocycles. The van der Waals surface area contributed by atoms with Gasteiger partial charge in [-0.15, -0.1) is 0 Å². The quantitative estimate of drug-likeness (QED) is 0.640. The molecule has 0 aliphatic carbocycles. The molecular weight excluding hydrogens is 293 g/mol. The Labute approximate surface area is 116 Å². The smallest absolute Gasteiger partial charge is 0.226 e. The second kappa shape index (κ2) is 4.54. The molecule has 10 heteroatoms. The van der Waals surface area contributed by atoms with Crippen molar-refractivity contribution >= 4 is 28.6 Å². The van der Waals surface area contributed by atoms with Crippen molar-refractivity contribution < 1.29 is 19.3 Å². The number of aromatic nitrogens is 4. The molecule has 8 nitrogen and oxygen atoms in total. The normalized spacial score (nSPS) is 28.2. The fourth-order valence-electron chi connectivity index (χ4n) is 2.01. The van der Waals surface area contributed by atoms with E-state index in [2.05, 4.69) is 15.0 Å². The molecule has 20 heavy (non-hydrogen) atoms. The highest BCUT2D eigenvalue weighted by Crippen LogP contribution is 2.34. The number of fused-ring (bicyclic) bond motifs is 1. The van der Waals surface area contributed by atoms with Crippen LogP contribution in [0.15, 0.2) is 18.4 Å². The van der Waals surface area contributed by atoms with E-state index in [9.17, 15) is 14.6 Å². The maximum absolute atomic E-state index is 12.5. The van der Waals surface area contributed by atoms with Crippen LogP contribution in [0.4, 0.5) is 10.2 Å². The lowest BCUT2D eigenvalue weighted by Crippen LogP contribution is -2.27. The van der Waals surface area contributed by atoms with Crippen LogP contribution in [-0.4, -0.2) is 41.9 Å². The molecule has 1 aliphatic rings. The van der Waals surface area contributed by atoms with Crippen LogP contribution in [0.5, 0.6) is 0 Å². The average Bonchev–Trinajstić information content (AvgIpc) is 2.93. The Balaban J connectivity index is 2.12. The van der Waals surface area contributed by atoms with Crippen molar-refractivity contribution in [1.29, 1.82) is 0 Å². The Hall–Kier alpha value is -1.97. The molecule has 0 spiro atoms. The van der Waals surface area contributed by atoms with Crippen LogP contribution >= 0.6 is 11.6 Å². The zero-order chi connectivity index (χ0) is 14.4. The van der Waals surface area contributed by atoms with E-state index in [4.69, 9.17) is 22.1 Å². The summed E-state index contributed by atoms with van der Waals surface area (Å²) in [5.74, 6) is -0.314. The lowest BCUT2D eigenvalue weighted by atomic mass is 10.2. The van der Waals surface area contributed by atoms with Gasteiger partial charge in [0.25, 0.3) is 0 Å². The number of nitrogens with zero attached hydrogens (tertiary/aromatic N) is 4. The van der Waals surface area contributed by atoms with Gasteiger partial charge < -0.3 is 20.7 Å². The molecule has 0 unspecified atom stereocenters. The molecule has 106 valence electrons. The minimum atomic E-state index is -1.47. The summed E-state index contributed by atoms with van der Waals surface area (Å²) in [7, 11) is 0. The van der Waals surface area contributed by atoms with Crippen molar-refractivity contribution in [3.63, 3.8) is 0 Å². The summed E-state index contributed by atoms with van der Waals surface area (Å²) in [5, 5.41) is 19.4. The van der Waals surface area contributed by atoms with E-state index in [0.717, 1.165) is 0 Å². The van der Waals surface area contributed by atoms with Crippen molar-refractivity contribution in [2.24, 2.45) is 0 Å². The lowest BCUT2D eigenvalue weighted by Gasteiger charge is -2.15. The first kappa shape index (κ1) is 13.0. The van der Waals surface area contributed by atoms with Crippen molar-refractivity contribution in [3.05, 3.63) is 23.7 Å². The fraction of sp³-hybridized carbons (Fsp3) is 0.300. The van der Waals surface area contributed by atoms with Crippen LogP contribution in [0, 0.1) is 0 Å². The molecule has 0 radical (unpaired) electrons. The number of imidazole rings is 1. The molecule has 2 aromatic rings. The summed E-state index contributed by atoms with van der Waals surface area (Å²) in [6, 6.07) is 0. The van der Waals surface area contributed by atoms with Gasteiger partial charge in [0.15, 0.2) is 17.2 Å². The Morgan fingerprint density at radius 1 is 1.45 bits per heavy atom. The number of aliphatic hydroxyl groups is 2. The van der Waals surface area contributed by atoms with Crippen LogP contribution < -0.4 is 5.73 Å². The number of rotatable bonds is 1. The fourth-order valence-corrected chi connectivity index (χ4v) is 2.18. The monoisotopic (exact) mass is 301 g/mol. The second-order valence-corrected chi connectivity index (χ2v) is 4.50. The summed E-state index contributed by atoms with van der Waals surface area (Å²) >= 11 is 5.71. The molecule has 0 amide bonds. The lowest BCUT2D eigenvalue weighted by molar-refractivity contribution is -0.0120. The molecule has 1 aliphatic heterocycles. The molecule has 0 bridgehead atoms. The number of halogens is 2. The van der Waals surface area contributed by atoms with Gasteiger partial charge in [0, 0.05) is 0 Å². The molecule has 4 N–H and O–H groups in total. The number of ether oxygens (including phenoxy) is 1. The van der Waals surface area contributed by atoms with Crippen molar-refractivity contribution in [1.82, 2.24) is 19.5 Å². The molecule has 1 saturated heterocycles. The van der Waals surface area contributed by atoms with Gasteiger partial charge in [0.2, 0.25) is 11.5 Å². The first-order valence-corrected chi connectivity index (χ1v) is 5.89. The Morgan fingerprint density at radius 2 is 2.20 bits per heavy atom. The van der Waals surface area contributed by atoms with E-state index < -0.39 is 18.4 Å². The number of anilines is 1. The van der Waals surface area contributed by atoms with E-state index in [1.165, 1.54) is 10.9 Å². The van der Waals surface area contributed by atoms with Crippen LogP contribution in [0.3, 0.4) is 0 Å². The number of nitrogens with two attached hydrogens (primary N) is 1. The summed E-state index contributed by atoms with van der Waals surface area (Å²) in [6.07, 6.45) is -2.58. The number of hydrogen-bond acceptors (Lipinski definition) is 7. The second-order valence-electron chi connectivity index (χ2n) is 4.16. The van der Waals surface area contributed by atoms with Gasteiger partial charge in [-0.2, -0.15) is 9.97 Å². The summed E-state index contributed by atoms with van der Waals surface area (Å²) in [4.78, 5) is 11.7. The van der Waals surface area contributed by atoms with E-state index in [1.54, 1.807) is 0 Å².